The fourth-order valence-electron chi connectivity index (χ4n) is 4.49. The van der Waals surface area contributed by atoms with E-state index < -0.39 is 0 Å². The molecule has 0 fully saturated rings. The van der Waals surface area contributed by atoms with E-state index in [-0.39, 0.29) is 23.3 Å². The van der Waals surface area contributed by atoms with E-state index in [0.717, 1.165) is 34.4 Å². The minimum Gasteiger partial charge on any atom is -0.377 e. The van der Waals surface area contributed by atoms with E-state index in [1.54, 1.807) is 12.1 Å². The van der Waals surface area contributed by atoms with Crippen molar-refractivity contribution in [1.82, 2.24) is 15.1 Å². The number of hydrogen-bond acceptors (Lipinski definition) is 4. The second kappa shape index (κ2) is 9.55. The van der Waals surface area contributed by atoms with Crippen molar-refractivity contribution >= 4 is 16.5 Å². The first-order valence-corrected chi connectivity index (χ1v) is 11.3. The minimum absolute atomic E-state index is 0.115. The van der Waals surface area contributed by atoms with Gasteiger partial charge in [-0.15, -0.1) is 0 Å². The lowest BCUT2D eigenvalue weighted by molar-refractivity contribution is 0.402. The van der Waals surface area contributed by atoms with Crippen molar-refractivity contribution in [2.24, 2.45) is 0 Å². The fraction of sp³-hybridized carbons (Fsp3) is 0.259. The Hall–Kier alpha value is -3.51. The molecule has 0 saturated heterocycles. The molecule has 170 valence electrons. The highest BCUT2D eigenvalue weighted by Crippen LogP contribution is 2.46. The molecule has 1 aromatic heterocycles. The summed E-state index contributed by atoms with van der Waals surface area (Å²) in [6, 6.07) is 20.6. The molecule has 1 aliphatic heterocycles. The van der Waals surface area contributed by atoms with Crippen LogP contribution in [0.25, 0.3) is 10.8 Å². The Balaban J connectivity index is 0.00000126. The highest BCUT2D eigenvalue weighted by Gasteiger charge is 2.34. The molecule has 0 aliphatic carbocycles. The van der Waals surface area contributed by atoms with Gasteiger partial charge in [0.05, 0.1) is 23.0 Å². The maximum Gasteiger partial charge on any atom is 0.272 e. The normalized spacial score (nSPS) is 16.8. The largest absolute Gasteiger partial charge is 0.377 e. The number of hydrogen-bond donors (Lipinski definition) is 2. The van der Waals surface area contributed by atoms with Crippen LogP contribution < -0.4 is 10.9 Å². The van der Waals surface area contributed by atoms with Crippen molar-refractivity contribution < 1.29 is 4.39 Å². The Morgan fingerprint density at radius 2 is 1.61 bits per heavy atom. The zero-order chi connectivity index (χ0) is 23.5. The van der Waals surface area contributed by atoms with E-state index >= 15 is 0 Å². The summed E-state index contributed by atoms with van der Waals surface area (Å²) >= 11 is 0. The lowest BCUT2D eigenvalue weighted by Gasteiger charge is -2.34. The third-order valence-corrected chi connectivity index (χ3v) is 5.85. The van der Waals surface area contributed by atoms with Crippen molar-refractivity contribution in [1.29, 1.82) is 0 Å². The van der Waals surface area contributed by atoms with Gasteiger partial charge in [0.1, 0.15) is 5.82 Å². The van der Waals surface area contributed by atoms with Crippen LogP contribution in [0.3, 0.4) is 0 Å². The van der Waals surface area contributed by atoms with E-state index in [0.29, 0.717) is 5.39 Å². The molecular formula is C27H29FN4O. The van der Waals surface area contributed by atoms with Crippen LogP contribution in [0.1, 0.15) is 48.2 Å². The summed E-state index contributed by atoms with van der Waals surface area (Å²) in [5.74, 6) is -0.466. The molecule has 0 saturated carbocycles. The number of halogens is 1. The zero-order valence-electron chi connectivity index (χ0n) is 19.4. The minimum atomic E-state index is -0.280. The highest BCUT2D eigenvalue weighted by atomic mass is 19.1. The first kappa shape index (κ1) is 22.7. The van der Waals surface area contributed by atoms with Crippen LogP contribution in [-0.2, 0) is 6.54 Å². The average Bonchev–Trinajstić information content (AvgIpc) is 2.83. The number of aromatic nitrogens is 2. The monoisotopic (exact) mass is 444 g/mol. The van der Waals surface area contributed by atoms with E-state index in [1.165, 1.54) is 17.7 Å². The van der Waals surface area contributed by atoms with Gasteiger partial charge in [-0.2, -0.15) is 5.10 Å². The SMILES string of the molecule is CC.CN(C)Cc1ccc(C2Nc3cccc4c(=O)[nH]nc(c34)C2c2ccc(F)cc2)cc1. The van der Waals surface area contributed by atoms with Gasteiger partial charge in [0.15, 0.2) is 0 Å². The Morgan fingerprint density at radius 3 is 2.27 bits per heavy atom. The zero-order valence-corrected chi connectivity index (χ0v) is 19.4. The average molecular weight is 445 g/mol. The number of H-pyrrole nitrogens is 1. The Labute approximate surface area is 193 Å². The summed E-state index contributed by atoms with van der Waals surface area (Å²) in [5.41, 5.74) is 4.73. The molecule has 0 spiro atoms. The molecule has 1 aliphatic rings. The van der Waals surface area contributed by atoms with Crippen molar-refractivity contribution in [3.63, 3.8) is 0 Å². The summed E-state index contributed by atoms with van der Waals surface area (Å²) in [5, 5.41) is 12.2. The highest BCUT2D eigenvalue weighted by molar-refractivity contribution is 5.97. The second-order valence-electron chi connectivity index (χ2n) is 8.30. The molecule has 0 bridgehead atoms. The Kier molecular flexibility index (Phi) is 6.56. The standard InChI is InChI=1S/C25H23FN4O.C2H6/c1-30(2)14-15-6-8-17(9-7-15)23-21(16-10-12-18(26)13-11-16)24-22-19(25(31)29-28-24)4-3-5-20(22)27-23;1-2/h3-13,21,23,27H,14H2,1-2H3,(H,29,31);1-2H3. The number of rotatable bonds is 4. The first-order chi connectivity index (χ1) is 16.0. The molecule has 0 radical (unpaired) electrons. The van der Waals surface area contributed by atoms with Gasteiger partial charge in [-0.05, 0) is 55.1 Å². The maximum absolute atomic E-state index is 13.7. The van der Waals surface area contributed by atoms with Crippen molar-refractivity contribution in [3.05, 3.63) is 105 Å². The van der Waals surface area contributed by atoms with E-state index in [4.69, 9.17) is 0 Å². The smallest absolute Gasteiger partial charge is 0.272 e. The molecule has 5 nitrogen and oxygen atoms in total. The first-order valence-electron chi connectivity index (χ1n) is 11.3. The molecule has 0 amide bonds. The molecule has 2 N–H and O–H groups in total. The number of nitrogens with one attached hydrogen (secondary N) is 2. The topological polar surface area (TPSA) is 61.0 Å². The fourth-order valence-corrected chi connectivity index (χ4v) is 4.49. The number of aromatic amines is 1. The van der Waals surface area contributed by atoms with Crippen LogP contribution in [0.4, 0.5) is 10.1 Å². The lowest BCUT2D eigenvalue weighted by atomic mass is 9.80. The van der Waals surface area contributed by atoms with Crippen LogP contribution in [0.15, 0.2) is 71.5 Å². The van der Waals surface area contributed by atoms with Crippen LogP contribution in [0.2, 0.25) is 0 Å². The predicted molar refractivity (Wildman–Crippen MR) is 132 cm³/mol. The summed E-state index contributed by atoms with van der Waals surface area (Å²) < 4.78 is 13.7. The lowest BCUT2D eigenvalue weighted by Crippen LogP contribution is -2.28. The van der Waals surface area contributed by atoms with E-state index in [2.05, 4.69) is 44.7 Å². The summed E-state index contributed by atoms with van der Waals surface area (Å²) in [6.07, 6.45) is 0. The summed E-state index contributed by atoms with van der Waals surface area (Å²) in [4.78, 5) is 14.5. The molecule has 2 atom stereocenters. The van der Waals surface area contributed by atoms with Gasteiger partial charge in [-0.3, -0.25) is 4.79 Å². The number of anilines is 1. The molecule has 5 rings (SSSR count). The van der Waals surface area contributed by atoms with Crippen molar-refractivity contribution in [2.75, 3.05) is 19.4 Å². The van der Waals surface area contributed by atoms with Gasteiger partial charge in [0.2, 0.25) is 0 Å². The van der Waals surface area contributed by atoms with Gasteiger partial charge < -0.3 is 10.2 Å². The van der Waals surface area contributed by atoms with Gasteiger partial charge in [0, 0.05) is 17.6 Å². The van der Waals surface area contributed by atoms with Gasteiger partial charge in [-0.1, -0.05) is 56.3 Å². The molecular weight excluding hydrogens is 415 g/mol. The maximum atomic E-state index is 13.7. The van der Waals surface area contributed by atoms with Gasteiger partial charge in [-0.25, -0.2) is 9.49 Å². The Morgan fingerprint density at radius 1 is 0.939 bits per heavy atom. The second-order valence-corrected chi connectivity index (χ2v) is 8.30. The van der Waals surface area contributed by atoms with Crippen LogP contribution >= 0.6 is 0 Å². The number of benzene rings is 3. The van der Waals surface area contributed by atoms with Crippen molar-refractivity contribution in [2.45, 2.75) is 32.4 Å². The van der Waals surface area contributed by atoms with Gasteiger partial charge in [0.25, 0.3) is 5.56 Å². The summed E-state index contributed by atoms with van der Waals surface area (Å²) in [7, 11) is 4.09. The number of nitrogens with zero attached hydrogens (tertiary/aromatic N) is 2. The molecule has 2 heterocycles. The molecule has 2 unspecified atom stereocenters. The molecule has 3 aromatic carbocycles. The third kappa shape index (κ3) is 4.39. The van der Waals surface area contributed by atoms with Crippen molar-refractivity contribution in [3.8, 4) is 0 Å². The van der Waals surface area contributed by atoms with Crippen LogP contribution in [-0.4, -0.2) is 29.2 Å². The van der Waals surface area contributed by atoms with E-state index in [9.17, 15) is 9.18 Å². The van der Waals surface area contributed by atoms with Crippen LogP contribution in [0.5, 0.6) is 0 Å². The predicted octanol–water partition coefficient (Wildman–Crippen LogP) is 5.45. The molecule has 4 aromatic rings. The van der Waals surface area contributed by atoms with Gasteiger partial charge >= 0.3 is 0 Å². The quantitative estimate of drug-likeness (QED) is 0.440. The van der Waals surface area contributed by atoms with Crippen LogP contribution in [0, 0.1) is 5.82 Å². The Bertz CT molecular complexity index is 1300. The molecule has 6 heteroatoms. The van der Waals surface area contributed by atoms with E-state index in [1.807, 2.05) is 46.1 Å². The third-order valence-electron chi connectivity index (χ3n) is 5.85. The summed E-state index contributed by atoms with van der Waals surface area (Å²) in [6.45, 7) is 4.87. The molecule has 33 heavy (non-hydrogen) atoms.